The molecule has 0 amide bonds. The van der Waals surface area contributed by atoms with E-state index in [9.17, 15) is 0 Å². The second-order valence-electron chi connectivity index (χ2n) is 3.67. The van der Waals surface area contributed by atoms with Crippen LogP contribution in [-0.2, 0) is 11.3 Å². The van der Waals surface area contributed by atoms with E-state index in [1.165, 1.54) is 5.56 Å². The van der Waals surface area contributed by atoms with E-state index in [0.29, 0.717) is 19.1 Å². The quantitative estimate of drug-likeness (QED) is 0.553. The molecule has 0 aliphatic heterocycles. The number of benzene rings is 1. The standard InChI is InChI=1S/C12H17Cl2NO/c1-15(6-8-16-7-5-13)10-11-3-2-4-12(14)9-11/h2-4,9H,5-8,10H2,1H3. The van der Waals surface area contributed by atoms with Crippen LogP contribution in [0.4, 0.5) is 0 Å². The average Bonchev–Trinajstić information content (AvgIpc) is 2.24. The second kappa shape index (κ2) is 7.91. The molecule has 0 spiro atoms. The van der Waals surface area contributed by atoms with Gasteiger partial charge in [-0.3, -0.25) is 4.90 Å². The van der Waals surface area contributed by atoms with Gasteiger partial charge in [-0.15, -0.1) is 11.6 Å². The maximum atomic E-state index is 5.92. The highest BCUT2D eigenvalue weighted by Crippen LogP contribution is 2.11. The zero-order chi connectivity index (χ0) is 11.8. The molecule has 0 fully saturated rings. The van der Waals surface area contributed by atoms with Gasteiger partial charge >= 0.3 is 0 Å². The van der Waals surface area contributed by atoms with E-state index in [-0.39, 0.29) is 0 Å². The highest BCUT2D eigenvalue weighted by Gasteiger charge is 2.00. The smallest absolute Gasteiger partial charge is 0.0602 e. The summed E-state index contributed by atoms with van der Waals surface area (Å²) in [5, 5.41) is 0.782. The van der Waals surface area contributed by atoms with Crippen LogP contribution in [0.1, 0.15) is 5.56 Å². The summed E-state index contributed by atoms with van der Waals surface area (Å²) in [5.74, 6) is 0.554. The lowest BCUT2D eigenvalue weighted by Crippen LogP contribution is -2.23. The maximum absolute atomic E-state index is 5.92. The fourth-order valence-corrected chi connectivity index (χ4v) is 1.73. The fourth-order valence-electron chi connectivity index (χ4n) is 1.40. The van der Waals surface area contributed by atoms with E-state index in [4.69, 9.17) is 27.9 Å². The molecule has 0 radical (unpaired) electrons. The zero-order valence-electron chi connectivity index (χ0n) is 9.46. The molecule has 2 nitrogen and oxygen atoms in total. The van der Waals surface area contributed by atoms with Crippen LogP contribution < -0.4 is 0 Å². The lowest BCUT2D eigenvalue weighted by molar-refractivity contribution is 0.122. The van der Waals surface area contributed by atoms with Gasteiger partial charge in [-0.05, 0) is 24.7 Å². The largest absolute Gasteiger partial charge is 0.379 e. The van der Waals surface area contributed by atoms with E-state index < -0.39 is 0 Å². The Morgan fingerprint density at radius 1 is 1.31 bits per heavy atom. The predicted molar refractivity (Wildman–Crippen MR) is 69.3 cm³/mol. The van der Waals surface area contributed by atoms with Crippen molar-refractivity contribution >= 4 is 23.2 Å². The summed E-state index contributed by atoms with van der Waals surface area (Å²) in [6.07, 6.45) is 0. The summed E-state index contributed by atoms with van der Waals surface area (Å²) in [5.41, 5.74) is 1.22. The first-order chi connectivity index (χ1) is 7.72. The molecule has 0 atom stereocenters. The van der Waals surface area contributed by atoms with Gasteiger partial charge in [0.1, 0.15) is 0 Å². The SMILES string of the molecule is CN(CCOCCCl)Cc1cccc(Cl)c1. The number of likely N-dealkylation sites (N-methyl/N-ethyl adjacent to an activating group) is 1. The molecule has 1 aromatic carbocycles. The Balaban J connectivity index is 2.25. The van der Waals surface area contributed by atoms with Crippen molar-refractivity contribution in [2.24, 2.45) is 0 Å². The number of hydrogen-bond donors (Lipinski definition) is 0. The highest BCUT2D eigenvalue weighted by atomic mass is 35.5. The van der Waals surface area contributed by atoms with Gasteiger partial charge in [0.15, 0.2) is 0 Å². The molecule has 0 bridgehead atoms. The minimum Gasteiger partial charge on any atom is -0.379 e. The summed E-state index contributed by atoms with van der Waals surface area (Å²) in [7, 11) is 2.06. The molecule has 90 valence electrons. The Morgan fingerprint density at radius 2 is 2.12 bits per heavy atom. The van der Waals surface area contributed by atoms with E-state index in [0.717, 1.165) is 18.1 Å². The molecule has 0 aromatic heterocycles. The number of hydrogen-bond acceptors (Lipinski definition) is 2. The predicted octanol–water partition coefficient (Wildman–Crippen LogP) is 3.03. The van der Waals surface area contributed by atoms with Crippen molar-refractivity contribution < 1.29 is 4.74 Å². The zero-order valence-corrected chi connectivity index (χ0v) is 11.0. The molecule has 0 saturated carbocycles. The van der Waals surface area contributed by atoms with Crippen LogP contribution >= 0.6 is 23.2 Å². The summed E-state index contributed by atoms with van der Waals surface area (Å²) < 4.78 is 5.32. The average molecular weight is 262 g/mol. The van der Waals surface area contributed by atoms with Crippen LogP contribution in [0.25, 0.3) is 0 Å². The first-order valence-corrected chi connectivity index (χ1v) is 6.20. The van der Waals surface area contributed by atoms with Crippen molar-refractivity contribution in [2.75, 3.05) is 32.7 Å². The third kappa shape index (κ3) is 5.71. The molecule has 0 aliphatic rings. The molecular formula is C12H17Cl2NO. The molecule has 0 unspecified atom stereocenters. The molecular weight excluding hydrogens is 245 g/mol. The van der Waals surface area contributed by atoms with Gasteiger partial charge in [0.2, 0.25) is 0 Å². The number of ether oxygens (including phenoxy) is 1. The van der Waals surface area contributed by atoms with Gasteiger partial charge in [-0.2, -0.15) is 0 Å². The summed E-state index contributed by atoms with van der Waals surface area (Å²) in [4.78, 5) is 2.19. The van der Waals surface area contributed by atoms with Crippen molar-refractivity contribution in [1.82, 2.24) is 4.90 Å². The van der Waals surface area contributed by atoms with Gasteiger partial charge in [-0.25, -0.2) is 0 Å². The Kier molecular flexibility index (Phi) is 6.81. The van der Waals surface area contributed by atoms with Gasteiger partial charge in [-0.1, -0.05) is 23.7 Å². The molecule has 1 aromatic rings. The van der Waals surface area contributed by atoms with Crippen LogP contribution in [0.5, 0.6) is 0 Å². The third-order valence-electron chi connectivity index (χ3n) is 2.18. The Hall–Kier alpha value is -0.280. The Labute approximate surface area is 107 Å². The van der Waals surface area contributed by atoms with Crippen molar-refractivity contribution in [3.05, 3.63) is 34.9 Å². The minimum atomic E-state index is 0.554. The molecule has 4 heteroatoms. The summed E-state index contributed by atoms with van der Waals surface area (Å²) in [6, 6.07) is 7.91. The fraction of sp³-hybridized carbons (Fsp3) is 0.500. The molecule has 16 heavy (non-hydrogen) atoms. The highest BCUT2D eigenvalue weighted by molar-refractivity contribution is 6.30. The number of alkyl halides is 1. The van der Waals surface area contributed by atoms with Crippen molar-refractivity contribution in [3.8, 4) is 0 Å². The maximum Gasteiger partial charge on any atom is 0.0602 e. The molecule has 1 rings (SSSR count). The number of nitrogens with zero attached hydrogens (tertiary/aromatic N) is 1. The Morgan fingerprint density at radius 3 is 2.81 bits per heavy atom. The molecule has 0 heterocycles. The van der Waals surface area contributed by atoms with Gasteiger partial charge in [0.25, 0.3) is 0 Å². The second-order valence-corrected chi connectivity index (χ2v) is 4.48. The van der Waals surface area contributed by atoms with E-state index in [2.05, 4.69) is 18.0 Å². The first kappa shape index (κ1) is 13.8. The lowest BCUT2D eigenvalue weighted by atomic mass is 10.2. The molecule has 0 aliphatic carbocycles. The molecule has 0 N–H and O–H groups in total. The summed E-state index contributed by atoms with van der Waals surface area (Å²) >= 11 is 11.4. The van der Waals surface area contributed by atoms with Gasteiger partial charge in [0.05, 0.1) is 13.2 Å². The van der Waals surface area contributed by atoms with Crippen molar-refractivity contribution in [1.29, 1.82) is 0 Å². The minimum absolute atomic E-state index is 0.554. The van der Waals surface area contributed by atoms with Gasteiger partial charge in [0, 0.05) is 24.0 Å². The topological polar surface area (TPSA) is 12.5 Å². The lowest BCUT2D eigenvalue weighted by Gasteiger charge is -2.16. The van der Waals surface area contributed by atoms with Crippen LogP contribution in [0.15, 0.2) is 24.3 Å². The van der Waals surface area contributed by atoms with Gasteiger partial charge < -0.3 is 4.74 Å². The summed E-state index contributed by atoms with van der Waals surface area (Å²) in [6.45, 7) is 3.10. The van der Waals surface area contributed by atoms with Crippen LogP contribution in [0.3, 0.4) is 0 Å². The monoisotopic (exact) mass is 261 g/mol. The van der Waals surface area contributed by atoms with E-state index in [1.54, 1.807) is 0 Å². The van der Waals surface area contributed by atoms with E-state index in [1.807, 2.05) is 18.2 Å². The van der Waals surface area contributed by atoms with Crippen LogP contribution in [0.2, 0.25) is 5.02 Å². The first-order valence-electron chi connectivity index (χ1n) is 5.29. The third-order valence-corrected chi connectivity index (χ3v) is 2.57. The molecule has 0 saturated heterocycles. The normalized spacial score (nSPS) is 11.0. The van der Waals surface area contributed by atoms with Crippen LogP contribution in [0, 0.1) is 0 Å². The van der Waals surface area contributed by atoms with Crippen LogP contribution in [-0.4, -0.2) is 37.6 Å². The number of rotatable bonds is 7. The van der Waals surface area contributed by atoms with E-state index >= 15 is 0 Å². The Bertz CT molecular complexity index is 307. The van der Waals surface area contributed by atoms with Crippen molar-refractivity contribution in [2.45, 2.75) is 6.54 Å². The number of halogens is 2. The van der Waals surface area contributed by atoms with Crippen molar-refractivity contribution in [3.63, 3.8) is 0 Å².